The molecule has 1 aromatic carbocycles. The summed E-state index contributed by atoms with van der Waals surface area (Å²) in [6.45, 7) is 4.00. The highest BCUT2D eigenvalue weighted by Crippen LogP contribution is 2.37. The zero-order valence-electron chi connectivity index (χ0n) is 20.3. The molecule has 1 fully saturated rings. The minimum Gasteiger partial charge on any atom is -0.733 e. The molecular weight excluding hydrogens is 519 g/mol. The van der Waals surface area contributed by atoms with Crippen LogP contribution in [0.4, 0.5) is 28.8 Å². The summed E-state index contributed by atoms with van der Waals surface area (Å²) < 4.78 is 0. The molecule has 1 aliphatic heterocycles. The third-order valence-electron chi connectivity index (χ3n) is 5.85. The molecule has 0 radical (unpaired) electrons. The van der Waals surface area contributed by atoms with Crippen molar-refractivity contribution < 1.29 is 10.0 Å². The van der Waals surface area contributed by atoms with Crippen molar-refractivity contribution in [2.45, 2.75) is 13.0 Å². The Labute approximate surface area is 224 Å². The van der Waals surface area contributed by atoms with Crippen LogP contribution in [0.25, 0.3) is 11.3 Å². The van der Waals surface area contributed by atoms with Crippen LogP contribution >= 0.6 is 23.2 Å². The van der Waals surface area contributed by atoms with Crippen molar-refractivity contribution >= 4 is 57.9 Å². The second-order valence-corrected chi connectivity index (χ2v) is 9.62. The van der Waals surface area contributed by atoms with Crippen LogP contribution in [-0.4, -0.2) is 65.3 Å². The molecule has 0 saturated carbocycles. The molecule has 3 aromatic rings. The molecule has 5 N–H and O–H groups in total. The maximum atomic E-state index is 12.8. The molecule has 0 aliphatic carbocycles. The molecule has 1 aliphatic rings. The van der Waals surface area contributed by atoms with Crippen molar-refractivity contribution in [2.75, 3.05) is 59.7 Å². The lowest BCUT2D eigenvalue weighted by molar-refractivity contribution is -0.120. The largest absolute Gasteiger partial charge is 0.733 e. The summed E-state index contributed by atoms with van der Waals surface area (Å²) in [7, 11) is 1.91. The predicted molar refractivity (Wildman–Crippen MR) is 147 cm³/mol. The van der Waals surface area contributed by atoms with Crippen molar-refractivity contribution in [3.05, 3.63) is 57.7 Å². The first kappa shape index (κ1) is 26.7. The SMILES string of the molecule is CC(CNc1ccc(N2CCN(C)CC2=O)c(-c2ccc(Cl)cc2Cl)n1)Nc1ccc(N([O-])O)c(N)n1. The minimum absolute atomic E-state index is 0.0143. The van der Waals surface area contributed by atoms with E-state index in [9.17, 15) is 10.0 Å². The first-order valence-corrected chi connectivity index (χ1v) is 12.3. The van der Waals surface area contributed by atoms with Crippen LogP contribution < -0.4 is 26.5 Å². The maximum Gasteiger partial charge on any atom is 0.241 e. The summed E-state index contributed by atoms with van der Waals surface area (Å²) >= 11 is 12.6. The zero-order chi connectivity index (χ0) is 26.7. The van der Waals surface area contributed by atoms with E-state index >= 15 is 0 Å². The second-order valence-electron chi connectivity index (χ2n) is 8.77. The Balaban J connectivity index is 1.55. The van der Waals surface area contributed by atoms with Crippen molar-refractivity contribution in [1.29, 1.82) is 0 Å². The number of carbonyl (C=O) groups is 1. The summed E-state index contributed by atoms with van der Waals surface area (Å²) in [6, 6.07) is 11.7. The summed E-state index contributed by atoms with van der Waals surface area (Å²) in [5.74, 6) is 0.926. The molecule has 37 heavy (non-hydrogen) atoms. The summed E-state index contributed by atoms with van der Waals surface area (Å²) in [6.07, 6.45) is 0. The van der Waals surface area contributed by atoms with Gasteiger partial charge in [0.2, 0.25) is 5.91 Å². The Morgan fingerprint density at radius 3 is 2.59 bits per heavy atom. The van der Waals surface area contributed by atoms with Crippen LogP contribution in [-0.2, 0) is 4.79 Å². The van der Waals surface area contributed by atoms with E-state index in [1.165, 1.54) is 6.07 Å². The van der Waals surface area contributed by atoms with Gasteiger partial charge in [0, 0.05) is 36.3 Å². The van der Waals surface area contributed by atoms with Gasteiger partial charge in [-0.15, -0.1) is 0 Å². The lowest BCUT2D eigenvalue weighted by Gasteiger charge is -2.33. The number of nitrogens with one attached hydrogen (secondary N) is 2. The van der Waals surface area contributed by atoms with Gasteiger partial charge in [-0.05, 0) is 56.4 Å². The summed E-state index contributed by atoms with van der Waals surface area (Å²) in [4.78, 5) is 25.4. The molecule has 0 spiro atoms. The van der Waals surface area contributed by atoms with Gasteiger partial charge in [0.1, 0.15) is 11.6 Å². The van der Waals surface area contributed by atoms with E-state index in [1.807, 2.05) is 31.0 Å². The molecule has 1 unspecified atom stereocenters. The zero-order valence-corrected chi connectivity index (χ0v) is 21.8. The average molecular weight is 546 g/mol. The third-order valence-corrected chi connectivity index (χ3v) is 6.40. The van der Waals surface area contributed by atoms with Gasteiger partial charge in [0.15, 0.2) is 5.82 Å². The Hall–Kier alpha value is -3.35. The first-order valence-electron chi connectivity index (χ1n) is 11.5. The fraction of sp³-hybridized carbons (Fsp3) is 0.292. The number of pyridine rings is 2. The Morgan fingerprint density at radius 2 is 1.92 bits per heavy atom. The van der Waals surface area contributed by atoms with Crippen LogP contribution in [0, 0.1) is 5.21 Å². The fourth-order valence-corrected chi connectivity index (χ4v) is 4.46. The number of nitrogens with zero attached hydrogens (tertiary/aromatic N) is 5. The molecular formula is C24H27Cl2N8O3-. The highest BCUT2D eigenvalue weighted by molar-refractivity contribution is 6.36. The lowest BCUT2D eigenvalue weighted by atomic mass is 10.1. The number of rotatable bonds is 8. The third kappa shape index (κ3) is 6.32. The first-order chi connectivity index (χ1) is 17.6. The standard InChI is InChI=1S/C24H27Cl2N8O3/c1-14(29-21-8-6-19(34(36)37)24(27)31-21)12-28-20-7-5-18(33-10-9-32(2)13-22(33)35)23(30-20)16-4-3-15(25)11-17(16)26/h3-8,11,14,36H,9-10,12-13H2,1-2H3,(H,28,30)(H3,27,29,31)/q-1. The number of anilines is 5. The number of likely N-dealkylation sites (N-methyl/N-ethyl adjacent to an activating group) is 1. The minimum atomic E-state index is -0.327. The van der Waals surface area contributed by atoms with E-state index in [4.69, 9.17) is 39.1 Å². The number of aromatic nitrogens is 2. The van der Waals surface area contributed by atoms with Gasteiger partial charge in [-0.1, -0.05) is 23.2 Å². The molecule has 4 rings (SSSR count). The fourth-order valence-electron chi connectivity index (χ4n) is 3.96. The molecule has 1 atom stereocenters. The van der Waals surface area contributed by atoms with Gasteiger partial charge >= 0.3 is 0 Å². The van der Waals surface area contributed by atoms with Crippen molar-refractivity contribution in [3.8, 4) is 11.3 Å². The van der Waals surface area contributed by atoms with Crippen LogP contribution in [0.15, 0.2) is 42.5 Å². The molecule has 1 saturated heterocycles. The van der Waals surface area contributed by atoms with Crippen LogP contribution in [0.5, 0.6) is 0 Å². The van der Waals surface area contributed by atoms with Crippen molar-refractivity contribution in [2.24, 2.45) is 0 Å². The number of carbonyl (C=O) groups excluding carboxylic acids is 1. The van der Waals surface area contributed by atoms with Crippen LogP contribution in [0.2, 0.25) is 10.0 Å². The number of nitrogens with two attached hydrogens (primary N) is 1. The van der Waals surface area contributed by atoms with Crippen molar-refractivity contribution in [1.82, 2.24) is 14.9 Å². The average Bonchev–Trinajstić information content (AvgIpc) is 2.83. The Bertz CT molecular complexity index is 1290. The number of benzene rings is 1. The van der Waals surface area contributed by atoms with Gasteiger partial charge in [0.25, 0.3) is 0 Å². The van der Waals surface area contributed by atoms with Crippen LogP contribution in [0.3, 0.4) is 0 Å². The number of halogens is 2. The van der Waals surface area contributed by atoms with Gasteiger partial charge < -0.3 is 31.7 Å². The van der Waals surface area contributed by atoms with E-state index < -0.39 is 0 Å². The monoisotopic (exact) mass is 545 g/mol. The summed E-state index contributed by atoms with van der Waals surface area (Å²) in [5, 5.41) is 27.2. The maximum absolute atomic E-state index is 12.8. The second kappa shape index (κ2) is 11.4. The van der Waals surface area contributed by atoms with E-state index in [2.05, 4.69) is 15.6 Å². The quantitative estimate of drug-likeness (QED) is 0.307. The van der Waals surface area contributed by atoms with Crippen LogP contribution in [0.1, 0.15) is 6.92 Å². The highest BCUT2D eigenvalue weighted by atomic mass is 35.5. The van der Waals surface area contributed by atoms with E-state index in [0.29, 0.717) is 58.3 Å². The van der Waals surface area contributed by atoms with Gasteiger partial charge in [-0.3, -0.25) is 14.9 Å². The smallest absolute Gasteiger partial charge is 0.241 e. The number of hydrogen-bond donors (Lipinski definition) is 4. The van der Waals surface area contributed by atoms with E-state index in [0.717, 1.165) is 6.54 Å². The van der Waals surface area contributed by atoms with Gasteiger partial charge in [-0.25, -0.2) is 9.97 Å². The van der Waals surface area contributed by atoms with Gasteiger partial charge in [-0.2, -0.15) is 0 Å². The normalized spacial score (nSPS) is 15.0. The number of amides is 1. The van der Waals surface area contributed by atoms with E-state index in [1.54, 1.807) is 29.2 Å². The van der Waals surface area contributed by atoms with Crippen molar-refractivity contribution in [3.63, 3.8) is 0 Å². The molecule has 0 bridgehead atoms. The molecule has 196 valence electrons. The Kier molecular flexibility index (Phi) is 8.20. The number of piperazine rings is 1. The van der Waals surface area contributed by atoms with E-state index in [-0.39, 0.29) is 28.7 Å². The predicted octanol–water partition coefficient (Wildman–Crippen LogP) is 3.92. The number of nitrogen functional groups attached to an aromatic ring is 1. The van der Waals surface area contributed by atoms with Gasteiger partial charge in [0.05, 0.1) is 28.6 Å². The summed E-state index contributed by atoms with van der Waals surface area (Å²) in [5.41, 5.74) is 7.50. The molecule has 11 nitrogen and oxygen atoms in total. The topological polar surface area (TPSA) is 146 Å². The molecule has 2 aromatic heterocycles. The lowest BCUT2D eigenvalue weighted by Crippen LogP contribution is -2.49. The Morgan fingerprint density at radius 1 is 1.16 bits per heavy atom. The molecule has 13 heteroatoms. The molecule has 1 amide bonds. The highest BCUT2D eigenvalue weighted by Gasteiger charge is 2.26. The number of hydrogen-bond acceptors (Lipinski definition) is 10. The molecule has 3 heterocycles.